The predicted molar refractivity (Wildman–Crippen MR) is 74.5 cm³/mol. The number of nitrogens with one attached hydrogen (secondary N) is 1. The molecule has 23 heavy (non-hydrogen) atoms. The fourth-order valence-corrected chi connectivity index (χ4v) is 2.51. The van der Waals surface area contributed by atoms with E-state index in [9.17, 15) is 29.8 Å². The van der Waals surface area contributed by atoms with Crippen molar-refractivity contribution in [2.45, 2.75) is 24.9 Å². The van der Waals surface area contributed by atoms with Crippen LogP contribution in [0, 0.1) is 32.1 Å². The van der Waals surface area contributed by atoms with Gasteiger partial charge in [-0.3, -0.25) is 29.8 Å². The first-order chi connectivity index (χ1) is 10.9. The summed E-state index contributed by atoms with van der Waals surface area (Å²) in [6.07, 6.45) is 0.400. The van der Waals surface area contributed by atoms with Gasteiger partial charge in [0.05, 0.1) is 6.61 Å². The molecule has 4 atom stereocenters. The normalized spacial score (nSPS) is 27.9. The van der Waals surface area contributed by atoms with Crippen molar-refractivity contribution >= 4 is 11.8 Å². The van der Waals surface area contributed by atoms with E-state index in [4.69, 9.17) is 5.11 Å². The zero-order valence-electron chi connectivity index (χ0n) is 12.3. The van der Waals surface area contributed by atoms with E-state index in [-0.39, 0.29) is 39.1 Å². The number of aliphatic hydroxyl groups is 1. The number of amides is 2. The van der Waals surface area contributed by atoms with Crippen LogP contribution in [-0.4, -0.2) is 70.0 Å². The molecule has 0 radical (unpaired) electrons. The number of aliphatic hydroxyl groups excluding tert-OH is 1. The highest BCUT2D eigenvalue weighted by Gasteiger charge is 2.55. The Hall–Kier alpha value is -2.30. The summed E-state index contributed by atoms with van der Waals surface area (Å²) >= 11 is 0. The monoisotopic (exact) mass is 330 g/mol. The summed E-state index contributed by atoms with van der Waals surface area (Å²) in [5.74, 6) is -2.15. The highest BCUT2D eigenvalue weighted by atomic mass is 16.6. The topological polar surface area (TPSA) is 156 Å². The van der Waals surface area contributed by atoms with Crippen molar-refractivity contribution in [3.05, 3.63) is 20.2 Å². The van der Waals surface area contributed by atoms with Gasteiger partial charge in [0, 0.05) is 42.3 Å². The van der Waals surface area contributed by atoms with Crippen LogP contribution in [0.3, 0.4) is 0 Å². The molecule has 128 valence electrons. The van der Waals surface area contributed by atoms with Gasteiger partial charge < -0.3 is 15.3 Å². The number of carbonyl (C=O) groups excluding carboxylic acids is 2. The predicted octanol–water partition coefficient (Wildman–Crippen LogP) is -1.75. The van der Waals surface area contributed by atoms with Crippen LogP contribution in [0.1, 0.15) is 12.8 Å². The molecule has 2 aliphatic carbocycles. The second kappa shape index (κ2) is 6.86. The summed E-state index contributed by atoms with van der Waals surface area (Å²) < 4.78 is 0. The molecule has 0 aromatic heterocycles. The van der Waals surface area contributed by atoms with Gasteiger partial charge in [0.15, 0.2) is 0 Å². The van der Waals surface area contributed by atoms with Gasteiger partial charge in [0.1, 0.15) is 11.8 Å². The largest absolute Gasteiger partial charge is 0.395 e. The second-order valence-corrected chi connectivity index (χ2v) is 5.73. The van der Waals surface area contributed by atoms with E-state index in [1.54, 1.807) is 0 Å². The van der Waals surface area contributed by atoms with Crippen molar-refractivity contribution in [2.75, 3.05) is 26.2 Å². The zero-order valence-corrected chi connectivity index (χ0v) is 12.3. The number of hydrogen-bond acceptors (Lipinski definition) is 7. The maximum atomic E-state index is 12.1. The van der Waals surface area contributed by atoms with E-state index in [1.807, 2.05) is 0 Å². The Kier molecular flexibility index (Phi) is 5.08. The average molecular weight is 330 g/mol. The highest BCUT2D eigenvalue weighted by Crippen LogP contribution is 2.35. The summed E-state index contributed by atoms with van der Waals surface area (Å²) in [7, 11) is 0. The Bertz CT molecular complexity index is 526. The van der Waals surface area contributed by atoms with Crippen LogP contribution in [0.25, 0.3) is 0 Å². The fraction of sp³-hybridized carbons (Fsp3) is 0.833. The molecule has 11 nitrogen and oxygen atoms in total. The van der Waals surface area contributed by atoms with Crippen LogP contribution < -0.4 is 5.32 Å². The molecule has 0 heterocycles. The van der Waals surface area contributed by atoms with E-state index in [2.05, 4.69) is 5.32 Å². The van der Waals surface area contributed by atoms with Crippen molar-refractivity contribution in [2.24, 2.45) is 11.8 Å². The first-order valence-electron chi connectivity index (χ1n) is 7.31. The lowest BCUT2D eigenvalue weighted by Crippen LogP contribution is -2.42. The Morgan fingerprint density at radius 2 is 1.65 bits per heavy atom. The van der Waals surface area contributed by atoms with Crippen molar-refractivity contribution in [1.82, 2.24) is 10.2 Å². The lowest BCUT2D eigenvalue weighted by molar-refractivity contribution is -0.497. The molecular weight excluding hydrogens is 312 g/mol. The lowest BCUT2D eigenvalue weighted by atomic mass is 10.3. The molecule has 0 aliphatic heterocycles. The second-order valence-electron chi connectivity index (χ2n) is 5.73. The first-order valence-corrected chi connectivity index (χ1v) is 7.31. The Morgan fingerprint density at radius 3 is 2.13 bits per heavy atom. The molecule has 0 saturated heterocycles. The molecule has 2 amide bonds. The lowest BCUT2D eigenvalue weighted by Gasteiger charge is -2.21. The maximum absolute atomic E-state index is 12.1. The summed E-state index contributed by atoms with van der Waals surface area (Å²) in [5.41, 5.74) is 0. The minimum Gasteiger partial charge on any atom is -0.395 e. The van der Waals surface area contributed by atoms with E-state index in [1.165, 1.54) is 4.90 Å². The molecule has 0 bridgehead atoms. The van der Waals surface area contributed by atoms with Gasteiger partial charge in [-0.25, -0.2) is 0 Å². The summed E-state index contributed by atoms with van der Waals surface area (Å²) in [4.78, 5) is 45.1. The number of nitro groups is 2. The van der Waals surface area contributed by atoms with E-state index >= 15 is 0 Å². The van der Waals surface area contributed by atoms with Crippen molar-refractivity contribution in [3.63, 3.8) is 0 Å². The van der Waals surface area contributed by atoms with Crippen LogP contribution in [-0.2, 0) is 9.59 Å². The molecule has 0 unspecified atom stereocenters. The zero-order chi connectivity index (χ0) is 17.1. The number of hydrogen-bond donors (Lipinski definition) is 2. The van der Waals surface area contributed by atoms with E-state index < -0.39 is 45.6 Å². The van der Waals surface area contributed by atoms with Crippen molar-refractivity contribution in [3.8, 4) is 0 Å². The molecular formula is C12H18N4O7. The smallest absolute Gasteiger partial charge is 0.233 e. The third-order valence-corrected chi connectivity index (χ3v) is 4.07. The van der Waals surface area contributed by atoms with Gasteiger partial charge in [-0.05, 0) is 0 Å². The summed E-state index contributed by atoms with van der Waals surface area (Å²) in [6.45, 7) is -0.0819. The van der Waals surface area contributed by atoms with E-state index in [0.717, 1.165) is 0 Å². The van der Waals surface area contributed by atoms with Gasteiger partial charge in [-0.1, -0.05) is 0 Å². The third kappa shape index (κ3) is 4.12. The van der Waals surface area contributed by atoms with Crippen LogP contribution >= 0.6 is 0 Å². The van der Waals surface area contributed by atoms with Gasteiger partial charge in [0.25, 0.3) is 0 Å². The molecule has 0 spiro atoms. The van der Waals surface area contributed by atoms with Crippen molar-refractivity contribution < 1.29 is 24.5 Å². The molecule has 2 fully saturated rings. The fourth-order valence-electron chi connectivity index (χ4n) is 2.51. The minimum absolute atomic E-state index is 0.0244. The first kappa shape index (κ1) is 17.1. The van der Waals surface area contributed by atoms with Gasteiger partial charge >= 0.3 is 0 Å². The SMILES string of the molecule is O=C(NCCN(CCO)C(=O)[C@@H]1C[C@@H]1[N+](=O)[O-])[C@@H]1C[C@@H]1[N+](=O)[O-]. The Balaban J connectivity index is 1.75. The molecule has 2 saturated carbocycles. The molecule has 2 N–H and O–H groups in total. The van der Waals surface area contributed by atoms with Crippen LogP contribution in [0.15, 0.2) is 0 Å². The number of carbonyl (C=O) groups is 2. The summed E-state index contributed by atoms with van der Waals surface area (Å²) in [5, 5.41) is 32.6. The van der Waals surface area contributed by atoms with E-state index in [0.29, 0.717) is 0 Å². The Labute approximate surface area is 130 Å². The third-order valence-electron chi connectivity index (χ3n) is 4.07. The van der Waals surface area contributed by atoms with Gasteiger partial charge in [-0.15, -0.1) is 0 Å². The minimum atomic E-state index is -0.870. The number of rotatable bonds is 9. The van der Waals surface area contributed by atoms with Gasteiger partial charge in [0.2, 0.25) is 23.9 Å². The van der Waals surface area contributed by atoms with Crippen LogP contribution in [0.2, 0.25) is 0 Å². The molecule has 2 rings (SSSR count). The Morgan fingerprint density at radius 1 is 1.09 bits per heavy atom. The molecule has 2 aliphatic rings. The molecule has 11 heteroatoms. The van der Waals surface area contributed by atoms with Crippen LogP contribution in [0.4, 0.5) is 0 Å². The maximum Gasteiger partial charge on any atom is 0.233 e. The van der Waals surface area contributed by atoms with Crippen LogP contribution in [0.5, 0.6) is 0 Å². The number of nitrogens with zero attached hydrogens (tertiary/aromatic N) is 3. The van der Waals surface area contributed by atoms with Crippen molar-refractivity contribution in [1.29, 1.82) is 0 Å². The summed E-state index contributed by atoms with van der Waals surface area (Å²) in [6, 6.07) is -1.71. The van der Waals surface area contributed by atoms with Gasteiger partial charge in [-0.2, -0.15) is 0 Å². The molecule has 0 aromatic rings. The average Bonchev–Trinajstić information content (AvgIpc) is 3.37. The highest BCUT2D eigenvalue weighted by molar-refractivity contribution is 5.83. The quantitative estimate of drug-likeness (QED) is 0.375. The molecule has 0 aromatic carbocycles. The standard InChI is InChI=1S/C12H18N4O7/c17-4-3-14(12(19)8-6-10(8)16(22)23)2-1-13-11(18)7-5-9(7)15(20)21/h7-10,17H,1-6H2,(H,13,18)/t7-,8-,9+,10+/m1/s1.